The fourth-order valence-electron chi connectivity index (χ4n) is 1.26. The normalized spacial score (nSPS) is 17.3. The van der Waals surface area contributed by atoms with Crippen LogP contribution in [0, 0.1) is 0 Å². The van der Waals surface area contributed by atoms with Gasteiger partial charge in [0.1, 0.15) is 5.71 Å². The van der Waals surface area contributed by atoms with Gasteiger partial charge in [-0.05, 0) is 18.9 Å². The molecule has 1 heterocycles. The Kier molecular flexibility index (Phi) is 6.33. The number of hydrogen-bond donors (Lipinski definition) is 1. The number of aliphatic imine (C=N–C) groups is 1. The predicted molar refractivity (Wildman–Crippen MR) is 60.7 cm³/mol. The van der Waals surface area contributed by atoms with Gasteiger partial charge in [-0.1, -0.05) is 20.8 Å². The topological polar surface area (TPSA) is 24.4 Å². The summed E-state index contributed by atoms with van der Waals surface area (Å²) in [6.45, 7) is 8.33. The highest BCUT2D eigenvalue weighted by Gasteiger charge is 2.34. The molecule has 0 aromatic rings. The second-order valence-corrected chi connectivity index (χ2v) is 3.24. The lowest BCUT2D eigenvalue weighted by atomic mass is 10.2. The summed E-state index contributed by atoms with van der Waals surface area (Å²) in [6.07, 6.45) is -4.38. The van der Waals surface area contributed by atoms with E-state index in [2.05, 4.69) is 10.3 Å². The van der Waals surface area contributed by atoms with Crippen LogP contribution in [0.3, 0.4) is 0 Å². The quantitative estimate of drug-likeness (QED) is 0.731. The molecule has 2 nitrogen and oxygen atoms in total. The van der Waals surface area contributed by atoms with E-state index < -0.39 is 11.9 Å². The molecular formula is C11H19F3N2. The number of alkyl halides is 3. The zero-order valence-electron chi connectivity index (χ0n) is 10.2. The molecule has 0 radical (unpaired) electrons. The van der Waals surface area contributed by atoms with Crippen molar-refractivity contribution in [2.45, 2.75) is 40.3 Å². The highest BCUT2D eigenvalue weighted by Crippen LogP contribution is 2.22. The fourth-order valence-corrected chi connectivity index (χ4v) is 1.26. The van der Waals surface area contributed by atoms with Gasteiger partial charge in [0.15, 0.2) is 0 Å². The standard InChI is InChI=1S/C9H13F3N2.C2H6/c1-3-8(9(10,11)12)14-7-5-13-4-6(7)2;1-2/h13H,3-5H2,1-2H3;1-2H3. The first-order valence-corrected chi connectivity index (χ1v) is 5.49. The van der Waals surface area contributed by atoms with Crippen molar-refractivity contribution < 1.29 is 13.2 Å². The first-order valence-electron chi connectivity index (χ1n) is 5.49. The van der Waals surface area contributed by atoms with Crippen LogP contribution in [-0.2, 0) is 0 Å². The van der Waals surface area contributed by atoms with Gasteiger partial charge < -0.3 is 5.32 Å². The molecule has 94 valence electrons. The Balaban J connectivity index is 0.00000106. The molecule has 0 bridgehead atoms. The zero-order valence-corrected chi connectivity index (χ0v) is 10.2. The summed E-state index contributed by atoms with van der Waals surface area (Å²) >= 11 is 0. The van der Waals surface area contributed by atoms with Gasteiger partial charge in [0.25, 0.3) is 0 Å². The number of hydrogen-bond acceptors (Lipinski definition) is 2. The number of nitrogens with zero attached hydrogens (tertiary/aromatic N) is 1. The minimum atomic E-state index is -4.30. The van der Waals surface area contributed by atoms with Crippen molar-refractivity contribution in [3.63, 3.8) is 0 Å². The first-order chi connectivity index (χ1) is 7.45. The first kappa shape index (κ1) is 15.2. The summed E-state index contributed by atoms with van der Waals surface area (Å²) in [5, 5.41) is 2.95. The van der Waals surface area contributed by atoms with E-state index in [1.54, 1.807) is 6.92 Å². The van der Waals surface area contributed by atoms with E-state index in [0.29, 0.717) is 18.8 Å². The molecule has 0 amide bonds. The van der Waals surface area contributed by atoms with Crippen molar-refractivity contribution in [1.82, 2.24) is 5.32 Å². The Labute approximate surface area is 94.6 Å². The zero-order chi connectivity index (χ0) is 12.8. The lowest BCUT2D eigenvalue weighted by Gasteiger charge is -2.08. The van der Waals surface area contributed by atoms with Gasteiger partial charge in [0, 0.05) is 13.1 Å². The van der Waals surface area contributed by atoms with Gasteiger partial charge >= 0.3 is 6.18 Å². The largest absolute Gasteiger partial charge is 0.429 e. The number of nitrogens with one attached hydrogen (secondary N) is 1. The minimum Gasteiger partial charge on any atom is -0.307 e. The maximum Gasteiger partial charge on any atom is 0.429 e. The molecule has 1 aliphatic heterocycles. The number of halogens is 3. The monoisotopic (exact) mass is 236 g/mol. The fraction of sp³-hybridized carbons (Fsp3) is 0.727. The maximum atomic E-state index is 12.3. The lowest BCUT2D eigenvalue weighted by molar-refractivity contribution is -0.0603. The Hall–Kier alpha value is -0.840. The molecule has 0 atom stereocenters. The van der Waals surface area contributed by atoms with Crippen LogP contribution in [-0.4, -0.2) is 25.0 Å². The van der Waals surface area contributed by atoms with Crippen LogP contribution in [0.15, 0.2) is 16.3 Å². The van der Waals surface area contributed by atoms with E-state index in [9.17, 15) is 13.2 Å². The van der Waals surface area contributed by atoms with Crippen molar-refractivity contribution in [2.24, 2.45) is 4.99 Å². The van der Waals surface area contributed by atoms with Gasteiger partial charge in [-0.2, -0.15) is 13.2 Å². The molecule has 0 fully saturated rings. The Bertz CT molecular complexity index is 277. The minimum absolute atomic E-state index is 0.0831. The van der Waals surface area contributed by atoms with E-state index in [1.807, 2.05) is 13.8 Å². The smallest absolute Gasteiger partial charge is 0.307 e. The van der Waals surface area contributed by atoms with E-state index >= 15 is 0 Å². The molecule has 1 aliphatic rings. The van der Waals surface area contributed by atoms with Crippen LogP contribution in [0.2, 0.25) is 0 Å². The van der Waals surface area contributed by atoms with Gasteiger partial charge in [-0.15, -0.1) is 0 Å². The van der Waals surface area contributed by atoms with Gasteiger partial charge in [0.2, 0.25) is 0 Å². The highest BCUT2D eigenvalue weighted by molar-refractivity contribution is 5.90. The summed E-state index contributed by atoms with van der Waals surface area (Å²) in [6, 6.07) is 0. The van der Waals surface area contributed by atoms with E-state index in [-0.39, 0.29) is 6.42 Å². The summed E-state index contributed by atoms with van der Waals surface area (Å²) in [5.41, 5.74) is 0.718. The third-order valence-electron chi connectivity index (χ3n) is 2.11. The van der Waals surface area contributed by atoms with Crippen LogP contribution in [0.4, 0.5) is 13.2 Å². The van der Waals surface area contributed by atoms with Gasteiger partial charge in [-0.25, -0.2) is 0 Å². The maximum absolute atomic E-state index is 12.3. The van der Waals surface area contributed by atoms with E-state index in [4.69, 9.17) is 0 Å². The molecule has 0 aromatic carbocycles. The van der Waals surface area contributed by atoms with E-state index in [1.165, 1.54) is 6.92 Å². The van der Waals surface area contributed by atoms with Crippen LogP contribution >= 0.6 is 0 Å². The second-order valence-electron chi connectivity index (χ2n) is 3.24. The van der Waals surface area contributed by atoms with Crippen LogP contribution < -0.4 is 5.32 Å². The molecule has 1 rings (SSSR count). The third-order valence-corrected chi connectivity index (χ3v) is 2.11. The van der Waals surface area contributed by atoms with Gasteiger partial charge in [0.05, 0.1) is 5.70 Å². The summed E-state index contributed by atoms with van der Waals surface area (Å²) in [7, 11) is 0. The number of rotatable bonds is 2. The summed E-state index contributed by atoms with van der Waals surface area (Å²) < 4.78 is 37.0. The van der Waals surface area contributed by atoms with Crippen molar-refractivity contribution >= 4 is 5.71 Å². The van der Waals surface area contributed by atoms with E-state index in [0.717, 1.165) is 5.57 Å². The molecule has 0 aliphatic carbocycles. The molecule has 0 unspecified atom stereocenters. The molecule has 16 heavy (non-hydrogen) atoms. The molecular weight excluding hydrogens is 217 g/mol. The lowest BCUT2D eigenvalue weighted by Crippen LogP contribution is -2.22. The third kappa shape index (κ3) is 4.35. The summed E-state index contributed by atoms with van der Waals surface area (Å²) in [5.74, 6) is 0. The average molecular weight is 236 g/mol. The van der Waals surface area contributed by atoms with Crippen LogP contribution in [0.5, 0.6) is 0 Å². The highest BCUT2D eigenvalue weighted by atomic mass is 19.4. The van der Waals surface area contributed by atoms with Crippen LogP contribution in [0.25, 0.3) is 0 Å². The van der Waals surface area contributed by atoms with Crippen molar-refractivity contribution in [3.8, 4) is 0 Å². The molecule has 5 heteroatoms. The van der Waals surface area contributed by atoms with Crippen LogP contribution in [0.1, 0.15) is 34.1 Å². The van der Waals surface area contributed by atoms with Crippen molar-refractivity contribution in [3.05, 3.63) is 11.3 Å². The SMILES string of the molecule is CC.CCC(=NC1=C(C)CNC1)C(F)(F)F. The molecule has 0 saturated carbocycles. The predicted octanol–water partition coefficient (Wildman–Crippen LogP) is 3.30. The Morgan fingerprint density at radius 2 is 1.88 bits per heavy atom. The van der Waals surface area contributed by atoms with Gasteiger partial charge in [-0.3, -0.25) is 4.99 Å². The van der Waals surface area contributed by atoms with Crippen molar-refractivity contribution in [2.75, 3.05) is 13.1 Å². The molecule has 0 saturated heterocycles. The Morgan fingerprint density at radius 3 is 2.19 bits per heavy atom. The average Bonchev–Trinajstić information content (AvgIpc) is 2.62. The molecule has 0 spiro atoms. The summed E-state index contributed by atoms with van der Waals surface area (Å²) in [4.78, 5) is 3.66. The molecule has 0 aromatic heterocycles. The second kappa shape index (κ2) is 6.68. The Morgan fingerprint density at radius 1 is 1.31 bits per heavy atom. The molecule has 1 N–H and O–H groups in total. The van der Waals surface area contributed by atoms with Crippen molar-refractivity contribution in [1.29, 1.82) is 0 Å².